The van der Waals surface area contributed by atoms with Crippen molar-refractivity contribution in [3.05, 3.63) is 35.4 Å². The van der Waals surface area contributed by atoms with Crippen molar-refractivity contribution in [3.8, 4) is 0 Å². The van der Waals surface area contributed by atoms with Gasteiger partial charge in [-0.2, -0.15) is 0 Å². The molecule has 0 bridgehead atoms. The second kappa shape index (κ2) is 8.46. The zero-order chi connectivity index (χ0) is 14.5. The number of guanidine groups is 1. The molecule has 20 heavy (non-hydrogen) atoms. The normalized spacial score (nSPS) is 12.1. The fourth-order valence-electron chi connectivity index (χ4n) is 1.65. The van der Waals surface area contributed by atoms with Crippen molar-refractivity contribution in [1.82, 2.24) is 5.32 Å². The van der Waals surface area contributed by atoms with Crippen LogP contribution in [0.1, 0.15) is 25.0 Å². The molecule has 0 radical (unpaired) electrons. The summed E-state index contributed by atoms with van der Waals surface area (Å²) in [5.41, 5.74) is 7.37. The standard InChI is InChI=1S/C13H21N3O2S.HI/c1-10(2)16-13(14)15-8-11-6-4-5-7-12(11)9-19(3,17)18;/h4-7,10H,8-9H2,1-3H3,(H3,14,15,16);1H. The molecule has 0 atom stereocenters. The van der Waals surface area contributed by atoms with E-state index in [1.54, 1.807) is 6.07 Å². The van der Waals surface area contributed by atoms with Gasteiger partial charge in [-0.3, -0.25) is 0 Å². The second-order valence-corrected chi connectivity index (χ2v) is 6.98. The molecule has 0 aliphatic carbocycles. The summed E-state index contributed by atoms with van der Waals surface area (Å²) in [7, 11) is -3.05. The SMILES string of the molecule is CC(C)NC(N)=NCc1ccccc1CS(C)(=O)=O.I. The van der Waals surface area contributed by atoms with Gasteiger partial charge >= 0.3 is 0 Å². The zero-order valence-corrected chi connectivity index (χ0v) is 15.1. The highest BCUT2D eigenvalue weighted by Gasteiger charge is 2.08. The van der Waals surface area contributed by atoms with Gasteiger partial charge in [-0.1, -0.05) is 24.3 Å². The van der Waals surface area contributed by atoms with Crippen molar-refractivity contribution < 1.29 is 8.42 Å². The molecule has 0 aliphatic heterocycles. The Labute approximate surface area is 138 Å². The maximum atomic E-state index is 11.4. The molecule has 0 heterocycles. The highest BCUT2D eigenvalue weighted by Crippen LogP contribution is 2.13. The van der Waals surface area contributed by atoms with E-state index >= 15 is 0 Å². The fraction of sp³-hybridized carbons (Fsp3) is 0.462. The second-order valence-electron chi connectivity index (χ2n) is 4.84. The number of rotatable bonds is 5. The van der Waals surface area contributed by atoms with Crippen molar-refractivity contribution in [1.29, 1.82) is 0 Å². The molecule has 0 spiro atoms. The number of benzene rings is 1. The van der Waals surface area contributed by atoms with E-state index in [9.17, 15) is 8.42 Å². The van der Waals surface area contributed by atoms with E-state index in [-0.39, 0.29) is 35.8 Å². The van der Waals surface area contributed by atoms with Crippen LogP contribution in [0.3, 0.4) is 0 Å². The Morgan fingerprint density at radius 1 is 1.30 bits per heavy atom. The van der Waals surface area contributed by atoms with Crippen LogP contribution in [-0.4, -0.2) is 26.7 Å². The molecule has 1 aromatic carbocycles. The number of nitrogens with zero attached hydrogens (tertiary/aromatic N) is 1. The van der Waals surface area contributed by atoms with Gasteiger partial charge < -0.3 is 11.1 Å². The summed E-state index contributed by atoms with van der Waals surface area (Å²) >= 11 is 0. The number of hydrogen-bond donors (Lipinski definition) is 2. The van der Waals surface area contributed by atoms with Crippen molar-refractivity contribution >= 4 is 39.8 Å². The van der Waals surface area contributed by atoms with Crippen molar-refractivity contribution in [2.75, 3.05) is 6.26 Å². The smallest absolute Gasteiger partial charge is 0.189 e. The number of halogens is 1. The van der Waals surface area contributed by atoms with E-state index < -0.39 is 9.84 Å². The number of nitrogens with two attached hydrogens (primary N) is 1. The average Bonchev–Trinajstić information content (AvgIpc) is 2.25. The van der Waals surface area contributed by atoms with Crippen LogP contribution in [0.15, 0.2) is 29.3 Å². The molecule has 114 valence electrons. The maximum absolute atomic E-state index is 11.4. The van der Waals surface area contributed by atoms with Crippen molar-refractivity contribution in [2.45, 2.75) is 32.2 Å². The van der Waals surface area contributed by atoms with Crippen LogP contribution in [0.5, 0.6) is 0 Å². The largest absolute Gasteiger partial charge is 0.370 e. The fourth-order valence-corrected chi connectivity index (χ4v) is 2.49. The third-order valence-electron chi connectivity index (χ3n) is 2.39. The molecule has 7 heteroatoms. The molecule has 0 amide bonds. The minimum atomic E-state index is -3.05. The molecule has 0 aliphatic rings. The lowest BCUT2D eigenvalue weighted by molar-refractivity contribution is 0.601. The number of sulfone groups is 1. The molecule has 5 nitrogen and oxygen atoms in total. The Morgan fingerprint density at radius 2 is 1.85 bits per heavy atom. The highest BCUT2D eigenvalue weighted by atomic mass is 127. The lowest BCUT2D eigenvalue weighted by Gasteiger charge is -2.10. The quantitative estimate of drug-likeness (QED) is 0.439. The minimum absolute atomic E-state index is 0. The summed E-state index contributed by atoms with van der Waals surface area (Å²) in [5.74, 6) is 0.389. The van der Waals surface area contributed by atoms with Gasteiger partial charge in [-0.05, 0) is 25.0 Å². The summed E-state index contributed by atoms with van der Waals surface area (Å²) in [6.45, 7) is 4.32. The number of nitrogens with one attached hydrogen (secondary N) is 1. The van der Waals surface area contributed by atoms with E-state index in [1.165, 1.54) is 6.26 Å². The van der Waals surface area contributed by atoms with Crippen molar-refractivity contribution in [3.63, 3.8) is 0 Å². The van der Waals surface area contributed by atoms with Gasteiger partial charge in [-0.25, -0.2) is 13.4 Å². The summed E-state index contributed by atoms with van der Waals surface area (Å²) < 4.78 is 22.7. The van der Waals surface area contributed by atoms with Gasteiger partial charge in [0.1, 0.15) is 0 Å². The van der Waals surface area contributed by atoms with E-state index in [2.05, 4.69) is 10.3 Å². The van der Waals surface area contributed by atoms with E-state index in [0.29, 0.717) is 12.5 Å². The third-order valence-corrected chi connectivity index (χ3v) is 3.23. The van der Waals surface area contributed by atoms with Gasteiger partial charge in [0.05, 0.1) is 12.3 Å². The monoisotopic (exact) mass is 411 g/mol. The first-order chi connectivity index (χ1) is 8.78. The maximum Gasteiger partial charge on any atom is 0.189 e. The summed E-state index contributed by atoms with van der Waals surface area (Å²) in [5, 5.41) is 2.99. The minimum Gasteiger partial charge on any atom is -0.370 e. The predicted octanol–water partition coefficient (Wildman–Crippen LogP) is 1.66. The zero-order valence-electron chi connectivity index (χ0n) is 12.0. The van der Waals surface area contributed by atoms with Crippen LogP contribution in [0.25, 0.3) is 0 Å². The predicted molar refractivity (Wildman–Crippen MR) is 94.0 cm³/mol. The topological polar surface area (TPSA) is 84.5 Å². The first-order valence-electron chi connectivity index (χ1n) is 6.09. The average molecular weight is 411 g/mol. The molecule has 0 unspecified atom stereocenters. The van der Waals surface area contributed by atoms with Crippen molar-refractivity contribution in [2.24, 2.45) is 10.7 Å². The summed E-state index contributed by atoms with van der Waals surface area (Å²) in [4.78, 5) is 4.21. The Kier molecular flexibility index (Phi) is 8.10. The van der Waals surface area contributed by atoms with Crippen LogP contribution >= 0.6 is 24.0 Å². The molecule has 0 aromatic heterocycles. The summed E-state index contributed by atoms with van der Waals surface area (Å²) in [6.07, 6.45) is 1.22. The first kappa shape index (κ1) is 19.2. The molecule has 1 rings (SSSR count). The Morgan fingerprint density at radius 3 is 2.35 bits per heavy atom. The lowest BCUT2D eigenvalue weighted by atomic mass is 10.1. The van der Waals surface area contributed by atoms with Crippen LogP contribution in [0.2, 0.25) is 0 Å². The molecular weight excluding hydrogens is 389 g/mol. The van der Waals surface area contributed by atoms with Gasteiger partial charge in [0, 0.05) is 12.3 Å². The Hall–Kier alpha value is -0.830. The Bertz CT molecular complexity index is 556. The first-order valence-corrected chi connectivity index (χ1v) is 8.15. The Balaban J connectivity index is 0.00000361. The third kappa shape index (κ3) is 7.68. The van der Waals surface area contributed by atoms with E-state index in [1.807, 2.05) is 32.0 Å². The summed E-state index contributed by atoms with van der Waals surface area (Å²) in [6, 6.07) is 7.58. The molecule has 3 N–H and O–H groups in total. The van der Waals surface area contributed by atoms with Gasteiger partial charge in [0.25, 0.3) is 0 Å². The van der Waals surface area contributed by atoms with E-state index in [4.69, 9.17) is 5.73 Å². The van der Waals surface area contributed by atoms with Crippen LogP contribution in [-0.2, 0) is 22.1 Å². The molecule has 0 fully saturated rings. The molecule has 0 saturated heterocycles. The van der Waals surface area contributed by atoms with Gasteiger partial charge in [0.2, 0.25) is 0 Å². The van der Waals surface area contributed by atoms with E-state index in [0.717, 1.165) is 11.1 Å². The van der Waals surface area contributed by atoms with Crippen LogP contribution < -0.4 is 11.1 Å². The number of hydrogen-bond acceptors (Lipinski definition) is 3. The molecule has 1 aromatic rings. The highest BCUT2D eigenvalue weighted by molar-refractivity contribution is 14.0. The van der Waals surface area contributed by atoms with Gasteiger partial charge in [0.15, 0.2) is 15.8 Å². The molecule has 0 saturated carbocycles. The molecular formula is C13H22IN3O2S. The van der Waals surface area contributed by atoms with Crippen LogP contribution in [0, 0.1) is 0 Å². The van der Waals surface area contributed by atoms with Crippen LogP contribution in [0.4, 0.5) is 0 Å². The lowest BCUT2D eigenvalue weighted by Crippen LogP contribution is -2.36. The number of aliphatic imine (C=N–C) groups is 1. The van der Waals surface area contributed by atoms with Gasteiger partial charge in [-0.15, -0.1) is 24.0 Å².